The predicted molar refractivity (Wildman–Crippen MR) is 128 cm³/mol. The van der Waals surface area contributed by atoms with Gasteiger partial charge in [0.15, 0.2) is 11.5 Å². The molecule has 0 bridgehead atoms. The molecule has 8 nitrogen and oxygen atoms in total. The molecule has 178 valence electrons. The topological polar surface area (TPSA) is 103 Å². The van der Waals surface area contributed by atoms with E-state index in [1.807, 2.05) is 30.3 Å². The second-order valence-corrected chi connectivity index (χ2v) is 9.57. The minimum absolute atomic E-state index is 0.0742. The standard InChI is InChI=1S/C24H23ClN2O6S/c1-2-31-21-11-9-18(14-19(21)25)34(29,30)27-20(12-16-6-4-3-5-7-16)24(28)26-17-8-10-22-23(13-17)33-15-32-22/h3-11,13-14,20,27H,2,12,15H2,1H3,(H,26,28). The molecule has 1 aliphatic heterocycles. The van der Waals surface area contributed by atoms with Crippen molar-refractivity contribution in [1.82, 2.24) is 4.72 Å². The number of hydrogen-bond donors (Lipinski definition) is 2. The minimum atomic E-state index is -4.08. The van der Waals surface area contributed by atoms with E-state index < -0.39 is 22.0 Å². The van der Waals surface area contributed by atoms with E-state index in [4.69, 9.17) is 25.8 Å². The first-order valence-electron chi connectivity index (χ1n) is 10.5. The van der Waals surface area contributed by atoms with Gasteiger partial charge in [0.1, 0.15) is 11.8 Å². The molecule has 1 aliphatic rings. The normalized spacial score (nSPS) is 13.4. The molecule has 0 aliphatic carbocycles. The zero-order valence-electron chi connectivity index (χ0n) is 18.3. The van der Waals surface area contributed by atoms with E-state index in [9.17, 15) is 13.2 Å². The van der Waals surface area contributed by atoms with Crippen LogP contribution in [0.3, 0.4) is 0 Å². The molecule has 0 aromatic heterocycles. The molecule has 0 spiro atoms. The number of rotatable bonds is 9. The van der Waals surface area contributed by atoms with E-state index in [1.165, 1.54) is 18.2 Å². The van der Waals surface area contributed by atoms with Crippen LogP contribution in [0.25, 0.3) is 0 Å². The lowest BCUT2D eigenvalue weighted by Gasteiger charge is -2.19. The van der Waals surface area contributed by atoms with E-state index in [2.05, 4.69) is 10.0 Å². The number of amides is 1. The van der Waals surface area contributed by atoms with Crippen molar-refractivity contribution in [1.29, 1.82) is 0 Å². The zero-order chi connectivity index (χ0) is 24.1. The first kappa shape index (κ1) is 23.9. The van der Waals surface area contributed by atoms with Crippen LogP contribution in [0.15, 0.2) is 71.6 Å². The highest BCUT2D eigenvalue weighted by atomic mass is 35.5. The van der Waals surface area contributed by atoms with Gasteiger partial charge in [-0.15, -0.1) is 0 Å². The third-order valence-corrected chi connectivity index (χ3v) is 6.81. The van der Waals surface area contributed by atoms with Crippen LogP contribution >= 0.6 is 11.6 Å². The van der Waals surface area contributed by atoms with Gasteiger partial charge in [0.05, 0.1) is 16.5 Å². The van der Waals surface area contributed by atoms with Crippen LogP contribution in [0.2, 0.25) is 5.02 Å². The Kier molecular flexibility index (Phi) is 7.26. The molecular formula is C24H23ClN2O6S. The van der Waals surface area contributed by atoms with Crippen LogP contribution in [0.5, 0.6) is 17.2 Å². The van der Waals surface area contributed by atoms with Crippen molar-refractivity contribution in [2.45, 2.75) is 24.3 Å². The number of anilines is 1. The van der Waals surface area contributed by atoms with Crippen LogP contribution in [0.1, 0.15) is 12.5 Å². The summed E-state index contributed by atoms with van der Waals surface area (Å²) in [5, 5.41) is 2.92. The van der Waals surface area contributed by atoms with E-state index in [0.29, 0.717) is 29.5 Å². The Morgan fingerprint density at radius 2 is 1.82 bits per heavy atom. The van der Waals surface area contributed by atoms with Crippen molar-refractivity contribution in [2.75, 3.05) is 18.7 Å². The van der Waals surface area contributed by atoms with Crippen LogP contribution < -0.4 is 24.2 Å². The van der Waals surface area contributed by atoms with Crippen molar-refractivity contribution in [3.05, 3.63) is 77.3 Å². The Morgan fingerprint density at radius 3 is 2.56 bits per heavy atom. The number of sulfonamides is 1. The summed E-state index contributed by atoms with van der Waals surface area (Å²) in [7, 11) is -4.08. The summed E-state index contributed by atoms with van der Waals surface area (Å²) in [5.74, 6) is 0.932. The molecular weight excluding hydrogens is 480 g/mol. The van der Waals surface area contributed by atoms with Gasteiger partial charge in [0, 0.05) is 11.8 Å². The van der Waals surface area contributed by atoms with Gasteiger partial charge in [-0.25, -0.2) is 8.42 Å². The molecule has 1 amide bonds. The molecule has 2 N–H and O–H groups in total. The van der Waals surface area contributed by atoms with E-state index in [-0.39, 0.29) is 23.1 Å². The summed E-state index contributed by atoms with van der Waals surface area (Å²) in [5.41, 5.74) is 1.25. The average Bonchev–Trinajstić information content (AvgIpc) is 3.28. The van der Waals surface area contributed by atoms with Gasteiger partial charge >= 0.3 is 0 Å². The lowest BCUT2D eigenvalue weighted by atomic mass is 10.1. The van der Waals surface area contributed by atoms with Crippen LogP contribution in [0, 0.1) is 0 Å². The van der Waals surface area contributed by atoms with Gasteiger partial charge < -0.3 is 19.5 Å². The number of hydrogen-bond acceptors (Lipinski definition) is 6. The number of fused-ring (bicyclic) bond motifs is 1. The third-order valence-electron chi connectivity index (χ3n) is 5.05. The highest BCUT2D eigenvalue weighted by molar-refractivity contribution is 7.89. The quantitative estimate of drug-likeness (QED) is 0.458. The summed E-state index contributed by atoms with van der Waals surface area (Å²) in [6.45, 7) is 2.30. The Bertz CT molecular complexity index is 1280. The van der Waals surface area contributed by atoms with Crippen LogP contribution in [0.4, 0.5) is 5.69 Å². The van der Waals surface area contributed by atoms with Crippen molar-refractivity contribution < 1.29 is 27.4 Å². The molecule has 3 aromatic carbocycles. The minimum Gasteiger partial charge on any atom is -0.492 e. The summed E-state index contributed by atoms with van der Waals surface area (Å²) < 4.78 is 44.8. The highest BCUT2D eigenvalue weighted by Crippen LogP contribution is 2.34. The lowest BCUT2D eigenvalue weighted by Crippen LogP contribution is -2.45. The van der Waals surface area contributed by atoms with Crippen molar-refractivity contribution in [2.24, 2.45) is 0 Å². The predicted octanol–water partition coefficient (Wildman–Crippen LogP) is 4.00. The monoisotopic (exact) mass is 502 g/mol. The van der Waals surface area contributed by atoms with Crippen molar-refractivity contribution in [3.63, 3.8) is 0 Å². The maximum atomic E-state index is 13.2. The maximum absolute atomic E-state index is 13.2. The fourth-order valence-corrected chi connectivity index (χ4v) is 4.94. The second-order valence-electron chi connectivity index (χ2n) is 7.45. The molecule has 1 heterocycles. The molecule has 0 fully saturated rings. The lowest BCUT2D eigenvalue weighted by molar-refractivity contribution is -0.117. The molecule has 1 atom stereocenters. The largest absolute Gasteiger partial charge is 0.492 e. The van der Waals surface area contributed by atoms with E-state index in [1.54, 1.807) is 25.1 Å². The van der Waals surface area contributed by atoms with Crippen LogP contribution in [-0.4, -0.2) is 33.8 Å². The summed E-state index contributed by atoms with van der Waals surface area (Å²) in [6.07, 6.45) is 0.140. The molecule has 34 heavy (non-hydrogen) atoms. The Labute approximate surface area is 202 Å². The average molecular weight is 503 g/mol. The van der Waals surface area contributed by atoms with Crippen molar-refractivity contribution >= 4 is 33.2 Å². The Morgan fingerprint density at radius 1 is 1.06 bits per heavy atom. The highest BCUT2D eigenvalue weighted by Gasteiger charge is 2.27. The van der Waals surface area contributed by atoms with Gasteiger partial charge in [-0.2, -0.15) is 4.72 Å². The maximum Gasteiger partial charge on any atom is 0.242 e. The molecule has 0 saturated carbocycles. The third kappa shape index (κ3) is 5.61. The van der Waals surface area contributed by atoms with Gasteiger partial charge in [0.2, 0.25) is 22.7 Å². The number of carbonyl (C=O) groups excluding carboxylic acids is 1. The molecule has 3 aromatic rings. The first-order chi connectivity index (χ1) is 16.4. The number of carbonyl (C=O) groups is 1. The molecule has 0 saturated heterocycles. The Hall–Kier alpha value is -3.27. The SMILES string of the molecule is CCOc1ccc(S(=O)(=O)NC(Cc2ccccc2)C(=O)Nc2ccc3c(c2)OCO3)cc1Cl. The van der Waals surface area contributed by atoms with Gasteiger partial charge in [-0.05, 0) is 49.2 Å². The van der Waals surface area contributed by atoms with Gasteiger partial charge in [-0.1, -0.05) is 41.9 Å². The zero-order valence-corrected chi connectivity index (χ0v) is 19.9. The van der Waals surface area contributed by atoms with Crippen molar-refractivity contribution in [3.8, 4) is 17.2 Å². The van der Waals surface area contributed by atoms with Gasteiger partial charge in [-0.3, -0.25) is 4.79 Å². The first-order valence-corrected chi connectivity index (χ1v) is 12.4. The van der Waals surface area contributed by atoms with E-state index in [0.717, 1.165) is 5.56 Å². The molecule has 1 unspecified atom stereocenters. The fourth-order valence-electron chi connectivity index (χ4n) is 3.42. The van der Waals surface area contributed by atoms with Crippen LogP contribution in [-0.2, 0) is 21.2 Å². The van der Waals surface area contributed by atoms with Gasteiger partial charge in [0.25, 0.3) is 0 Å². The fraction of sp³-hybridized carbons (Fsp3) is 0.208. The van der Waals surface area contributed by atoms with E-state index >= 15 is 0 Å². The number of benzene rings is 3. The second kappa shape index (κ2) is 10.3. The summed E-state index contributed by atoms with van der Waals surface area (Å²) in [4.78, 5) is 13.1. The molecule has 4 rings (SSSR count). The number of ether oxygens (including phenoxy) is 3. The number of nitrogens with one attached hydrogen (secondary N) is 2. The Balaban J connectivity index is 1.57. The number of halogens is 1. The smallest absolute Gasteiger partial charge is 0.242 e. The summed E-state index contributed by atoms with van der Waals surface area (Å²) >= 11 is 6.18. The molecule has 0 radical (unpaired) electrons. The molecule has 10 heteroatoms. The summed E-state index contributed by atoms with van der Waals surface area (Å²) in [6, 6.07) is 17.2.